The fourth-order valence-electron chi connectivity index (χ4n) is 3.76. The number of imidazole rings is 1. The first-order valence-corrected chi connectivity index (χ1v) is 11.1. The van der Waals surface area contributed by atoms with E-state index in [1.54, 1.807) is 4.57 Å². The molecule has 9 N–H and O–H groups in total. The second kappa shape index (κ2) is 11.5. The first kappa shape index (κ1) is 25.8. The van der Waals surface area contributed by atoms with E-state index in [1.807, 2.05) is 0 Å². The lowest BCUT2D eigenvalue weighted by molar-refractivity contribution is -0.155. The van der Waals surface area contributed by atoms with Gasteiger partial charge in [-0.2, -0.15) is 4.98 Å². The number of rotatable bonds is 10. The largest absolute Gasteiger partial charge is 0.480 e. The van der Waals surface area contributed by atoms with E-state index < -0.39 is 36.3 Å². The number of ether oxygens (including phenoxy) is 1. The van der Waals surface area contributed by atoms with E-state index >= 15 is 0 Å². The highest BCUT2D eigenvalue weighted by Crippen LogP contribution is 2.30. The molecule has 2 aromatic heterocycles. The number of nitrogens with zero attached hydrogens (tertiary/aromatic N) is 5. The maximum Gasteiger partial charge on any atom is 0.328 e. The Labute approximate surface area is 200 Å². The van der Waals surface area contributed by atoms with Gasteiger partial charge in [0.05, 0.1) is 24.7 Å². The number of aliphatic imine (C=N–C) groups is 1. The third-order valence-electron chi connectivity index (χ3n) is 5.43. The highest BCUT2D eigenvalue weighted by molar-refractivity contribution is 5.88. The van der Waals surface area contributed by atoms with E-state index in [0.29, 0.717) is 43.4 Å². The molecule has 4 atom stereocenters. The second-order valence-corrected chi connectivity index (χ2v) is 8.18. The minimum atomic E-state index is -1.30. The molecule has 1 aliphatic heterocycles. The molecule has 0 spiro atoms. The van der Waals surface area contributed by atoms with Crippen LogP contribution in [-0.2, 0) is 19.1 Å². The quantitative estimate of drug-likeness (QED) is 0.131. The number of nitrogens with two attached hydrogens (primary N) is 3. The molecule has 1 fully saturated rings. The number of carbonyl (C=O) groups is 3. The SMILES string of the molecule is CC(=O)Nc1ncc2ncn([C@H]3CCC[C@@H]([C@H](NC(=O)C(N)CCCN=C(N)N)C(=O)O)O3)c2n1. The summed E-state index contributed by atoms with van der Waals surface area (Å²) in [6.07, 6.45) is 3.98. The average molecular weight is 491 g/mol. The van der Waals surface area contributed by atoms with Gasteiger partial charge < -0.3 is 32.4 Å². The normalized spacial score (nSPS) is 19.5. The number of carboxylic acids is 1. The highest BCUT2D eigenvalue weighted by atomic mass is 16.5. The Morgan fingerprint density at radius 3 is 2.77 bits per heavy atom. The zero-order chi connectivity index (χ0) is 25.5. The number of carboxylic acid groups (broad SMARTS) is 1. The number of guanidine groups is 1. The molecule has 190 valence electrons. The molecule has 1 aliphatic rings. The summed E-state index contributed by atoms with van der Waals surface area (Å²) in [4.78, 5) is 52.3. The number of anilines is 1. The zero-order valence-corrected chi connectivity index (χ0v) is 19.3. The number of hydrogen-bond donors (Lipinski definition) is 6. The van der Waals surface area contributed by atoms with Gasteiger partial charge in [0.15, 0.2) is 17.6 Å². The van der Waals surface area contributed by atoms with E-state index in [1.165, 1.54) is 19.4 Å². The molecule has 35 heavy (non-hydrogen) atoms. The van der Waals surface area contributed by atoms with Crippen molar-refractivity contribution in [3.05, 3.63) is 12.5 Å². The third-order valence-corrected chi connectivity index (χ3v) is 5.43. The van der Waals surface area contributed by atoms with Crippen molar-refractivity contribution < 1.29 is 24.2 Å². The van der Waals surface area contributed by atoms with Crippen molar-refractivity contribution in [2.24, 2.45) is 22.2 Å². The predicted molar refractivity (Wildman–Crippen MR) is 125 cm³/mol. The van der Waals surface area contributed by atoms with Crippen molar-refractivity contribution in [1.82, 2.24) is 24.8 Å². The van der Waals surface area contributed by atoms with Gasteiger partial charge in [0.25, 0.3) is 0 Å². The number of hydrogen-bond acceptors (Lipinski definition) is 9. The highest BCUT2D eigenvalue weighted by Gasteiger charge is 2.36. The summed E-state index contributed by atoms with van der Waals surface area (Å²) < 4.78 is 7.74. The zero-order valence-electron chi connectivity index (χ0n) is 19.3. The van der Waals surface area contributed by atoms with Gasteiger partial charge in [-0.25, -0.2) is 14.8 Å². The fourth-order valence-corrected chi connectivity index (χ4v) is 3.76. The Morgan fingerprint density at radius 1 is 1.31 bits per heavy atom. The summed E-state index contributed by atoms with van der Waals surface area (Å²) in [5.74, 6) is -2.10. The molecule has 0 radical (unpaired) electrons. The molecule has 1 unspecified atom stereocenters. The van der Waals surface area contributed by atoms with Crippen LogP contribution < -0.4 is 27.8 Å². The molecular weight excluding hydrogens is 460 g/mol. The summed E-state index contributed by atoms with van der Waals surface area (Å²) in [6.45, 7) is 1.65. The topological polar surface area (TPSA) is 239 Å². The van der Waals surface area contributed by atoms with Crippen molar-refractivity contribution in [2.45, 2.75) is 63.4 Å². The number of nitrogens with one attached hydrogen (secondary N) is 2. The standard InChI is InChI=1S/C20H30N10O5/c1-10(31)27-20-25-8-12-16(29-20)30(9-26-12)14-6-2-5-13(35-14)15(18(33)34)28-17(32)11(21)4-3-7-24-19(22)23/h8-9,11,13-15H,2-7,21H2,1H3,(H,28,32)(H,33,34)(H4,22,23,24)(H,25,27,29,31)/t11?,13-,14+,15-/m0/s1. The number of aliphatic carboxylic acids is 1. The molecule has 15 nitrogen and oxygen atoms in total. The predicted octanol–water partition coefficient (Wildman–Crippen LogP) is -1.20. The molecule has 3 rings (SSSR count). The smallest absolute Gasteiger partial charge is 0.328 e. The van der Waals surface area contributed by atoms with Gasteiger partial charge in [-0.1, -0.05) is 0 Å². The number of carbonyl (C=O) groups excluding carboxylic acids is 2. The van der Waals surface area contributed by atoms with Gasteiger partial charge in [-0.15, -0.1) is 0 Å². The Balaban J connectivity index is 1.69. The first-order chi connectivity index (χ1) is 16.7. The molecule has 0 bridgehead atoms. The van der Waals surface area contributed by atoms with Gasteiger partial charge in [0.2, 0.25) is 17.8 Å². The van der Waals surface area contributed by atoms with Crippen LogP contribution in [-0.4, -0.2) is 73.1 Å². The van der Waals surface area contributed by atoms with Crippen LogP contribution in [0.1, 0.15) is 45.3 Å². The summed E-state index contributed by atoms with van der Waals surface area (Å²) in [5.41, 5.74) is 17.4. The van der Waals surface area contributed by atoms with Crippen LogP contribution >= 0.6 is 0 Å². The third kappa shape index (κ3) is 6.83. The molecule has 2 amide bonds. The minimum absolute atomic E-state index is 0.0542. The van der Waals surface area contributed by atoms with Gasteiger partial charge in [-0.3, -0.25) is 24.5 Å². The van der Waals surface area contributed by atoms with Crippen molar-refractivity contribution in [1.29, 1.82) is 0 Å². The van der Waals surface area contributed by atoms with Crippen LogP contribution in [0.3, 0.4) is 0 Å². The lowest BCUT2D eigenvalue weighted by atomic mass is 10.00. The van der Waals surface area contributed by atoms with Gasteiger partial charge in [0, 0.05) is 13.5 Å². The molecule has 15 heteroatoms. The van der Waals surface area contributed by atoms with E-state index in [0.717, 1.165) is 0 Å². The second-order valence-electron chi connectivity index (χ2n) is 8.18. The fraction of sp³-hybridized carbons (Fsp3) is 0.550. The van der Waals surface area contributed by atoms with Crippen molar-refractivity contribution in [2.75, 3.05) is 11.9 Å². The van der Waals surface area contributed by atoms with Crippen LogP contribution in [0.15, 0.2) is 17.5 Å². The van der Waals surface area contributed by atoms with E-state index in [4.69, 9.17) is 21.9 Å². The van der Waals surface area contributed by atoms with Crippen LogP contribution in [0.4, 0.5) is 5.95 Å². The Hall–Kier alpha value is -3.85. The van der Waals surface area contributed by atoms with Crippen molar-refractivity contribution in [3.63, 3.8) is 0 Å². The summed E-state index contributed by atoms with van der Waals surface area (Å²) in [5, 5.41) is 14.8. The van der Waals surface area contributed by atoms with E-state index in [-0.39, 0.29) is 24.2 Å². The lowest BCUT2D eigenvalue weighted by Gasteiger charge is -2.34. The van der Waals surface area contributed by atoms with Crippen molar-refractivity contribution >= 4 is 40.9 Å². The maximum atomic E-state index is 12.5. The van der Waals surface area contributed by atoms with Crippen LogP contribution in [0, 0.1) is 0 Å². The first-order valence-electron chi connectivity index (χ1n) is 11.1. The average Bonchev–Trinajstić information content (AvgIpc) is 3.22. The monoisotopic (exact) mass is 490 g/mol. The Bertz CT molecular complexity index is 1100. The van der Waals surface area contributed by atoms with E-state index in [2.05, 4.69) is 30.6 Å². The van der Waals surface area contributed by atoms with Crippen molar-refractivity contribution in [3.8, 4) is 0 Å². The summed E-state index contributed by atoms with van der Waals surface area (Å²) in [7, 11) is 0. The maximum absolute atomic E-state index is 12.5. The molecule has 0 aliphatic carbocycles. The summed E-state index contributed by atoms with van der Waals surface area (Å²) >= 11 is 0. The summed E-state index contributed by atoms with van der Waals surface area (Å²) in [6, 6.07) is -2.22. The number of aromatic nitrogens is 4. The molecule has 2 aromatic rings. The number of fused-ring (bicyclic) bond motifs is 1. The minimum Gasteiger partial charge on any atom is -0.480 e. The Morgan fingerprint density at radius 2 is 2.09 bits per heavy atom. The molecule has 3 heterocycles. The van der Waals surface area contributed by atoms with Gasteiger partial charge >= 0.3 is 5.97 Å². The van der Waals surface area contributed by atoms with Gasteiger partial charge in [-0.05, 0) is 32.1 Å². The lowest BCUT2D eigenvalue weighted by Crippen LogP contribution is -2.55. The van der Waals surface area contributed by atoms with Crippen LogP contribution in [0.25, 0.3) is 11.2 Å². The molecular formula is C20H30N10O5. The van der Waals surface area contributed by atoms with E-state index in [9.17, 15) is 19.5 Å². The Kier molecular flexibility index (Phi) is 8.48. The molecule has 1 saturated heterocycles. The molecule has 0 aromatic carbocycles. The van der Waals surface area contributed by atoms with Crippen LogP contribution in [0.2, 0.25) is 0 Å². The molecule has 0 saturated carbocycles. The number of amides is 2. The van der Waals surface area contributed by atoms with Gasteiger partial charge in [0.1, 0.15) is 11.7 Å². The van der Waals surface area contributed by atoms with Crippen LogP contribution in [0.5, 0.6) is 0 Å².